The molecule has 0 amide bonds. The average molecular weight is 514 g/mol. The first-order valence-electron chi connectivity index (χ1n) is 6.93. The van der Waals surface area contributed by atoms with E-state index in [-0.39, 0.29) is 67.1 Å². The monoisotopic (exact) mass is 514 g/mol. The maximum atomic E-state index is 2.52. The van der Waals surface area contributed by atoms with E-state index in [1.54, 1.807) is 11.1 Å². The quantitative estimate of drug-likeness (QED) is 0.333. The van der Waals surface area contributed by atoms with Gasteiger partial charge in [0.15, 0.2) is 0 Å². The summed E-state index contributed by atoms with van der Waals surface area (Å²) in [7, 11) is 0. The molecule has 0 aromatic heterocycles. The molecular weight excluding hydrogens is 494 g/mol. The van der Waals surface area contributed by atoms with Crippen LogP contribution in [0.5, 0.6) is 0 Å². The smallest absolute Gasteiger partial charge is 1.00 e. The summed E-state index contributed by atoms with van der Waals surface area (Å²) in [5.74, 6) is 0. The van der Waals surface area contributed by atoms with Crippen molar-refractivity contribution in [1.29, 1.82) is 0 Å². The third kappa shape index (κ3) is 4.07. The van der Waals surface area contributed by atoms with Gasteiger partial charge in [0.25, 0.3) is 0 Å². The van der Waals surface area contributed by atoms with E-state index in [1.807, 2.05) is 9.45 Å². The molecule has 3 rings (SSSR count). The summed E-state index contributed by atoms with van der Waals surface area (Å²) in [4.78, 5) is 0. The second kappa shape index (κ2) is 8.55. The van der Waals surface area contributed by atoms with E-state index < -0.39 is 0 Å². The summed E-state index contributed by atoms with van der Waals surface area (Å²) in [6, 6.07) is 0. The molecule has 1 unspecified atom stereocenters. The summed E-state index contributed by atoms with van der Waals surface area (Å²) in [5.41, 5.74) is 5.18. The minimum absolute atomic E-state index is 0. The van der Waals surface area contributed by atoms with Gasteiger partial charge in [0.2, 0.25) is 0 Å². The molecule has 0 spiro atoms. The van der Waals surface area contributed by atoms with Crippen LogP contribution in [-0.4, -0.2) is 0 Å². The number of allylic oxidation sites excluding steroid dienone is 8. The van der Waals surface area contributed by atoms with Crippen molar-refractivity contribution in [2.75, 3.05) is 0 Å². The van der Waals surface area contributed by atoms with Gasteiger partial charge in [-0.05, 0) is 0 Å². The molecule has 0 N–H and O–H groups in total. The summed E-state index contributed by atoms with van der Waals surface area (Å²) >= 11 is 0.0496. The molecule has 0 aromatic rings. The van der Waals surface area contributed by atoms with Gasteiger partial charge in [-0.25, -0.2) is 0 Å². The molecule has 102 valence electrons. The van der Waals surface area contributed by atoms with E-state index in [9.17, 15) is 0 Å². The fourth-order valence-electron chi connectivity index (χ4n) is 3.18. The molecule has 0 heterocycles. The zero-order valence-electron chi connectivity index (χ0n) is 11.4. The van der Waals surface area contributed by atoms with Crippen LogP contribution in [0.3, 0.4) is 0 Å². The standard InChI is InChI=1S/C9H11.C7H9.2HI.Ti/c1-2-5-9-7-3-6-8(9)4-1;1-2-7-5-3-4-6-7;;;/h3,6-7H,1-2,4-5H2;3,5H,2,4H2,1H3;2*1H;/q;;;;+2/p-2. The van der Waals surface area contributed by atoms with E-state index >= 15 is 0 Å². The molecule has 3 aliphatic carbocycles. The first kappa shape index (κ1) is 18.2. The fourth-order valence-corrected chi connectivity index (χ4v) is 5.92. The predicted molar refractivity (Wildman–Crippen MR) is 69.5 cm³/mol. The van der Waals surface area contributed by atoms with E-state index in [0.29, 0.717) is 0 Å². The predicted octanol–water partition coefficient (Wildman–Crippen LogP) is -1.07. The van der Waals surface area contributed by atoms with Crippen LogP contribution in [0.4, 0.5) is 0 Å². The number of halogens is 2. The van der Waals surface area contributed by atoms with Crippen molar-refractivity contribution in [2.45, 2.75) is 49.7 Å². The van der Waals surface area contributed by atoms with Crippen LogP contribution in [0.15, 0.2) is 44.9 Å². The fraction of sp³-hybridized carbons (Fsp3) is 0.500. The normalized spacial score (nSPS) is 23.9. The van der Waals surface area contributed by atoms with Crippen LogP contribution >= 0.6 is 0 Å². The summed E-state index contributed by atoms with van der Waals surface area (Å²) < 4.78 is 2.68. The Balaban J connectivity index is 0.000000902. The average Bonchev–Trinajstić information content (AvgIpc) is 2.97. The second-order valence-electron chi connectivity index (χ2n) is 5.20. The Kier molecular flexibility index (Phi) is 8.18. The van der Waals surface area contributed by atoms with Crippen molar-refractivity contribution in [2.24, 2.45) is 0 Å². The van der Waals surface area contributed by atoms with Crippen LogP contribution < -0.4 is 48.0 Å². The number of hydrogen-bond acceptors (Lipinski definition) is 0. The van der Waals surface area contributed by atoms with Gasteiger partial charge >= 0.3 is 114 Å². The minimum atomic E-state index is 0. The van der Waals surface area contributed by atoms with Crippen molar-refractivity contribution < 1.29 is 67.1 Å². The molecule has 0 radical (unpaired) electrons. The Labute approximate surface area is 160 Å². The van der Waals surface area contributed by atoms with Crippen LogP contribution in [0, 0.1) is 0 Å². The number of rotatable bonds is 3. The van der Waals surface area contributed by atoms with Crippen molar-refractivity contribution >= 4 is 0 Å². The van der Waals surface area contributed by atoms with Gasteiger partial charge in [0.1, 0.15) is 0 Å². The van der Waals surface area contributed by atoms with Gasteiger partial charge < -0.3 is 48.0 Å². The van der Waals surface area contributed by atoms with Crippen molar-refractivity contribution in [1.82, 2.24) is 0 Å². The van der Waals surface area contributed by atoms with E-state index in [2.05, 4.69) is 31.2 Å². The Bertz CT molecular complexity index is 444. The van der Waals surface area contributed by atoms with Crippen LogP contribution in [-0.2, 0) is 19.2 Å². The summed E-state index contributed by atoms with van der Waals surface area (Å²) in [6.45, 7) is 2.30. The molecule has 3 heteroatoms. The van der Waals surface area contributed by atoms with E-state index in [4.69, 9.17) is 0 Å². The topological polar surface area (TPSA) is 0 Å². The van der Waals surface area contributed by atoms with Gasteiger partial charge in [-0.3, -0.25) is 0 Å². The van der Waals surface area contributed by atoms with Gasteiger partial charge in [-0.1, -0.05) is 0 Å². The Morgan fingerprint density at radius 3 is 2.74 bits per heavy atom. The molecule has 19 heavy (non-hydrogen) atoms. The molecule has 0 saturated heterocycles. The Hall–Kier alpha value is 1.13. The number of hydrogen-bond donors (Lipinski definition) is 0. The van der Waals surface area contributed by atoms with Gasteiger partial charge in [-0.2, -0.15) is 0 Å². The van der Waals surface area contributed by atoms with Crippen molar-refractivity contribution in [3.05, 3.63) is 44.9 Å². The van der Waals surface area contributed by atoms with Crippen LogP contribution in [0.1, 0.15) is 45.4 Å². The van der Waals surface area contributed by atoms with Crippen molar-refractivity contribution in [3.8, 4) is 0 Å². The molecular formula is C16H20I2Ti. The first-order valence-corrected chi connectivity index (χ1v) is 8.62. The van der Waals surface area contributed by atoms with Gasteiger partial charge in [0, 0.05) is 0 Å². The van der Waals surface area contributed by atoms with Gasteiger partial charge in [-0.15, -0.1) is 0 Å². The molecule has 0 fully saturated rings. The second-order valence-corrected chi connectivity index (χ2v) is 7.57. The first-order chi connectivity index (χ1) is 8.38. The van der Waals surface area contributed by atoms with E-state index in [1.165, 1.54) is 38.5 Å². The zero-order valence-corrected chi connectivity index (χ0v) is 17.3. The van der Waals surface area contributed by atoms with Crippen LogP contribution in [0.2, 0.25) is 4.22 Å². The Morgan fingerprint density at radius 1 is 1.16 bits per heavy atom. The molecule has 0 aromatic carbocycles. The van der Waals surface area contributed by atoms with Crippen molar-refractivity contribution in [3.63, 3.8) is 0 Å². The third-order valence-corrected chi connectivity index (χ3v) is 6.85. The zero-order chi connectivity index (χ0) is 11.7. The minimum Gasteiger partial charge on any atom is -1.00 e. The maximum Gasteiger partial charge on any atom is -1.00 e. The molecule has 3 aliphatic rings. The SMILES string of the molecule is CCC1=[C]([Ti+2][CH]2C=CC3=C2CCCC3)CC=C1.[I-].[I-]. The molecule has 0 nitrogen and oxygen atoms in total. The molecule has 1 atom stereocenters. The molecule has 0 bridgehead atoms. The summed E-state index contributed by atoms with van der Waals surface area (Å²) in [6.07, 6.45) is 17.8. The van der Waals surface area contributed by atoms with E-state index in [0.717, 1.165) is 4.22 Å². The van der Waals surface area contributed by atoms with Crippen LogP contribution in [0.25, 0.3) is 0 Å². The Morgan fingerprint density at radius 2 is 1.95 bits per heavy atom. The third-order valence-electron chi connectivity index (χ3n) is 4.16. The maximum absolute atomic E-state index is 2.52. The summed E-state index contributed by atoms with van der Waals surface area (Å²) in [5, 5.41) is 0. The van der Waals surface area contributed by atoms with Gasteiger partial charge in [0.05, 0.1) is 0 Å². The largest absolute Gasteiger partial charge is 1.00 e. The molecule has 0 saturated carbocycles. The molecule has 0 aliphatic heterocycles.